The van der Waals surface area contributed by atoms with E-state index in [-0.39, 0.29) is 11.1 Å². The number of hydrogen-bond donors (Lipinski definition) is 0. The Bertz CT molecular complexity index is 1160. The molecule has 3 aromatic heterocycles. The van der Waals surface area contributed by atoms with Crippen LogP contribution in [0, 0.1) is 6.92 Å². The maximum absolute atomic E-state index is 12.6. The molecule has 0 saturated heterocycles. The van der Waals surface area contributed by atoms with Crippen LogP contribution in [0.25, 0.3) is 27.8 Å². The molecular weight excluding hydrogens is 354 g/mol. The molecule has 0 unspecified atom stereocenters. The third-order valence-electron chi connectivity index (χ3n) is 4.30. The van der Waals surface area contributed by atoms with E-state index >= 15 is 0 Å². The van der Waals surface area contributed by atoms with Crippen LogP contribution in [0.2, 0.25) is 5.02 Å². The quantitative estimate of drug-likeness (QED) is 0.553. The molecule has 4 aromatic rings. The molecule has 4 rings (SSSR count). The molecular formula is C18H16ClN5O2. The van der Waals surface area contributed by atoms with E-state index in [0.717, 1.165) is 16.8 Å². The fourth-order valence-corrected chi connectivity index (χ4v) is 3.14. The van der Waals surface area contributed by atoms with Crippen molar-refractivity contribution in [2.24, 2.45) is 0 Å². The zero-order valence-electron chi connectivity index (χ0n) is 14.3. The first-order valence-electron chi connectivity index (χ1n) is 8.10. The second kappa shape index (κ2) is 6.51. The molecule has 0 atom stereocenters. The Labute approximate surface area is 153 Å². The van der Waals surface area contributed by atoms with E-state index in [1.54, 1.807) is 22.4 Å². The summed E-state index contributed by atoms with van der Waals surface area (Å²) in [6.07, 6.45) is 1.73. The number of aromatic nitrogens is 5. The van der Waals surface area contributed by atoms with E-state index in [1.807, 2.05) is 37.3 Å². The number of ether oxygens (including phenoxy) is 1. The Balaban J connectivity index is 1.94. The van der Waals surface area contributed by atoms with Crippen LogP contribution in [-0.4, -0.2) is 38.1 Å². The highest BCUT2D eigenvalue weighted by atomic mass is 35.5. The molecule has 0 saturated carbocycles. The Morgan fingerprint density at radius 2 is 1.92 bits per heavy atom. The molecule has 0 spiro atoms. The summed E-state index contributed by atoms with van der Waals surface area (Å²) in [4.78, 5) is 12.6. The summed E-state index contributed by atoms with van der Waals surface area (Å²) in [7, 11) is 1.60. The average molecular weight is 370 g/mol. The fraction of sp³-hybridized carbons (Fsp3) is 0.222. The predicted octanol–water partition coefficient (Wildman–Crippen LogP) is 2.71. The van der Waals surface area contributed by atoms with Crippen molar-refractivity contribution in [2.75, 3.05) is 13.7 Å². The number of methoxy groups -OCH3 is 1. The minimum Gasteiger partial charge on any atom is -0.383 e. The van der Waals surface area contributed by atoms with Crippen molar-refractivity contribution < 1.29 is 4.74 Å². The fourth-order valence-electron chi connectivity index (χ4n) is 3.01. The number of halogens is 1. The molecule has 0 N–H and O–H groups in total. The minimum absolute atomic E-state index is 0.213. The van der Waals surface area contributed by atoms with Crippen molar-refractivity contribution in [2.45, 2.75) is 13.5 Å². The monoisotopic (exact) mass is 369 g/mol. The Morgan fingerprint density at radius 3 is 2.65 bits per heavy atom. The number of fused-ring (bicyclic) bond motifs is 3. The van der Waals surface area contributed by atoms with Gasteiger partial charge >= 0.3 is 0 Å². The van der Waals surface area contributed by atoms with Gasteiger partial charge in [-0.05, 0) is 30.7 Å². The molecule has 0 fully saturated rings. The number of aryl methyl sites for hydroxylation is 1. The smallest absolute Gasteiger partial charge is 0.280 e. The van der Waals surface area contributed by atoms with Gasteiger partial charge in [0.05, 0.1) is 17.9 Å². The molecule has 1 aromatic carbocycles. The van der Waals surface area contributed by atoms with Crippen LogP contribution in [-0.2, 0) is 11.3 Å². The number of rotatable bonds is 4. The summed E-state index contributed by atoms with van der Waals surface area (Å²) in [6.45, 7) is 2.81. The van der Waals surface area contributed by atoms with Gasteiger partial charge in [-0.15, -0.1) is 10.2 Å². The topological polar surface area (TPSA) is 74.3 Å². The van der Waals surface area contributed by atoms with E-state index < -0.39 is 0 Å². The van der Waals surface area contributed by atoms with Crippen LogP contribution in [0.5, 0.6) is 0 Å². The molecule has 0 aliphatic rings. The first kappa shape index (κ1) is 16.7. The third kappa shape index (κ3) is 2.65. The van der Waals surface area contributed by atoms with Gasteiger partial charge in [-0.2, -0.15) is 5.10 Å². The number of benzene rings is 1. The maximum Gasteiger partial charge on any atom is 0.280 e. The van der Waals surface area contributed by atoms with Crippen molar-refractivity contribution in [1.82, 2.24) is 24.4 Å². The van der Waals surface area contributed by atoms with Crippen molar-refractivity contribution in [3.05, 3.63) is 57.6 Å². The van der Waals surface area contributed by atoms with E-state index in [4.69, 9.17) is 16.3 Å². The second-order valence-corrected chi connectivity index (χ2v) is 6.38. The van der Waals surface area contributed by atoms with E-state index in [1.165, 1.54) is 0 Å². The van der Waals surface area contributed by atoms with Crippen molar-refractivity contribution >= 4 is 28.3 Å². The molecule has 0 bridgehead atoms. The highest BCUT2D eigenvalue weighted by molar-refractivity contribution is 6.30. The lowest BCUT2D eigenvalue weighted by molar-refractivity contribution is 0.186. The Hall–Kier alpha value is -2.77. The van der Waals surface area contributed by atoms with Crippen LogP contribution in [0.1, 0.15) is 5.69 Å². The molecule has 0 aliphatic heterocycles. The van der Waals surface area contributed by atoms with E-state index in [0.29, 0.717) is 29.3 Å². The van der Waals surface area contributed by atoms with Gasteiger partial charge in [0.2, 0.25) is 0 Å². The summed E-state index contributed by atoms with van der Waals surface area (Å²) in [5.41, 5.74) is 3.92. The molecule has 132 valence electrons. The van der Waals surface area contributed by atoms with Crippen LogP contribution < -0.4 is 5.56 Å². The lowest BCUT2D eigenvalue weighted by Crippen LogP contribution is -2.23. The molecule has 0 amide bonds. The van der Waals surface area contributed by atoms with Gasteiger partial charge in [0, 0.05) is 24.9 Å². The number of pyridine rings is 1. The van der Waals surface area contributed by atoms with Gasteiger partial charge in [-0.25, -0.2) is 4.52 Å². The normalized spacial score (nSPS) is 11.5. The van der Waals surface area contributed by atoms with Gasteiger partial charge in [0.25, 0.3) is 5.56 Å². The van der Waals surface area contributed by atoms with E-state index in [2.05, 4.69) is 15.3 Å². The SMILES string of the molecule is COCCn1ccc2c(nnc3c(-c4ccc(Cl)cc4)c(C)nn32)c1=O. The molecule has 0 aliphatic carbocycles. The highest BCUT2D eigenvalue weighted by Gasteiger charge is 2.17. The van der Waals surface area contributed by atoms with Crippen molar-refractivity contribution in [1.29, 1.82) is 0 Å². The lowest BCUT2D eigenvalue weighted by atomic mass is 10.1. The standard InChI is InChI=1S/C18H16ClN5O2/c1-11-15(12-3-5-13(19)6-4-12)17-21-20-16-14(24(17)22-11)7-8-23(18(16)25)9-10-26-2/h3-8H,9-10H2,1-2H3. The van der Waals surface area contributed by atoms with Crippen LogP contribution >= 0.6 is 11.6 Å². The summed E-state index contributed by atoms with van der Waals surface area (Å²) >= 11 is 5.98. The summed E-state index contributed by atoms with van der Waals surface area (Å²) < 4.78 is 8.27. The van der Waals surface area contributed by atoms with Gasteiger partial charge < -0.3 is 9.30 Å². The zero-order valence-corrected chi connectivity index (χ0v) is 15.1. The highest BCUT2D eigenvalue weighted by Crippen LogP contribution is 2.28. The molecule has 26 heavy (non-hydrogen) atoms. The lowest BCUT2D eigenvalue weighted by Gasteiger charge is -2.06. The summed E-state index contributed by atoms with van der Waals surface area (Å²) in [6, 6.07) is 9.31. The maximum atomic E-state index is 12.6. The van der Waals surface area contributed by atoms with Gasteiger partial charge in [0.15, 0.2) is 11.2 Å². The molecule has 7 nitrogen and oxygen atoms in total. The zero-order chi connectivity index (χ0) is 18.3. The predicted molar refractivity (Wildman–Crippen MR) is 99.6 cm³/mol. The van der Waals surface area contributed by atoms with Crippen LogP contribution in [0.15, 0.2) is 41.3 Å². The van der Waals surface area contributed by atoms with Gasteiger partial charge in [-0.1, -0.05) is 23.7 Å². The molecule has 3 heterocycles. The van der Waals surface area contributed by atoms with Gasteiger partial charge in [0.1, 0.15) is 5.52 Å². The summed E-state index contributed by atoms with van der Waals surface area (Å²) in [5, 5.41) is 13.7. The van der Waals surface area contributed by atoms with E-state index in [9.17, 15) is 4.79 Å². The van der Waals surface area contributed by atoms with Crippen LogP contribution in [0.3, 0.4) is 0 Å². The first-order chi connectivity index (χ1) is 12.6. The number of hydrogen-bond acceptors (Lipinski definition) is 5. The summed E-state index contributed by atoms with van der Waals surface area (Å²) in [5.74, 6) is 0. The largest absolute Gasteiger partial charge is 0.383 e. The molecule has 8 heteroatoms. The Kier molecular flexibility index (Phi) is 4.18. The average Bonchev–Trinajstić information content (AvgIpc) is 2.98. The number of nitrogens with zero attached hydrogens (tertiary/aromatic N) is 5. The minimum atomic E-state index is -0.213. The van der Waals surface area contributed by atoms with Crippen molar-refractivity contribution in [3.63, 3.8) is 0 Å². The molecule has 0 radical (unpaired) electrons. The first-order valence-corrected chi connectivity index (χ1v) is 8.48. The second-order valence-electron chi connectivity index (χ2n) is 5.94. The van der Waals surface area contributed by atoms with Crippen LogP contribution in [0.4, 0.5) is 0 Å². The van der Waals surface area contributed by atoms with Gasteiger partial charge in [-0.3, -0.25) is 4.79 Å². The third-order valence-corrected chi connectivity index (χ3v) is 4.55. The van der Waals surface area contributed by atoms with Crippen molar-refractivity contribution in [3.8, 4) is 11.1 Å². The Morgan fingerprint density at radius 1 is 1.15 bits per heavy atom.